The summed E-state index contributed by atoms with van der Waals surface area (Å²) in [5.74, 6) is 0. The Morgan fingerprint density at radius 3 is 1.56 bits per heavy atom. The molecule has 0 aromatic carbocycles. The van der Waals surface area contributed by atoms with Gasteiger partial charge in [-0.15, -0.1) is 0 Å². The van der Waals surface area contributed by atoms with Gasteiger partial charge in [-0.2, -0.15) is 8.78 Å². The number of hydrogen-bond acceptors (Lipinski definition) is 3. The van der Waals surface area contributed by atoms with Crippen LogP contribution in [0.1, 0.15) is 6.92 Å². The van der Waals surface area contributed by atoms with Crippen LogP contribution in [0.5, 0.6) is 0 Å². The van der Waals surface area contributed by atoms with Gasteiger partial charge in [0.15, 0.2) is 10.1 Å². The maximum Gasteiger partial charge on any atom is 0.331 e. The van der Waals surface area contributed by atoms with Crippen LogP contribution in [0, 0.1) is 0 Å². The first-order chi connectivity index (χ1) is 3.25. The first-order valence-electron chi connectivity index (χ1n) is 1.58. The number of quaternary nitrogens is 1. The van der Waals surface area contributed by atoms with Crippen molar-refractivity contribution < 1.29 is 21.8 Å². The lowest BCUT2D eigenvalue weighted by molar-refractivity contribution is 0.100. The Kier molecular flexibility index (Phi) is 3.26. The number of rotatable bonds is 1. The fraction of sp³-hybridized carbons (Fsp3) is 1.00. The van der Waals surface area contributed by atoms with Gasteiger partial charge in [0.2, 0.25) is 0 Å². The van der Waals surface area contributed by atoms with Gasteiger partial charge < -0.3 is 10.7 Å². The Bertz CT molecular complexity index is 169. The zero-order valence-corrected chi connectivity index (χ0v) is 5.71. The monoisotopic (exact) mass is 163 g/mol. The Labute approximate surface area is 51.2 Å². The van der Waals surface area contributed by atoms with Crippen molar-refractivity contribution in [3.63, 3.8) is 0 Å². The SMILES string of the molecule is CC(F)(F)S(=O)(=O)[O-].[NH4+]. The predicted molar refractivity (Wildman–Crippen MR) is 26.3 cm³/mol. The average Bonchev–Trinajstić information content (AvgIpc) is 1.25. The molecule has 7 heteroatoms. The van der Waals surface area contributed by atoms with Crippen LogP contribution >= 0.6 is 0 Å². The fourth-order valence-corrected chi connectivity index (χ4v) is 0. The average molecular weight is 163 g/mol. The van der Waals surface area contributed by atoms with Gasteiger partial charge >= 0.3 is 5.25 Å². The van der Waals surface area contributed by atoms with Crippen LogP contribution in [0.4, 0.5) is 8.78 Å². The van der Waals surface area contributed by atoms with Crippen molar-refractivity contribution in [2.75, 3.05) is 0 Å². The van der Waals surface area contributed by atoms with Crippen molar-refractivity contribution in [2.45, 2.75) is 12.2 Å². The molecular formula is C2H7F2NO3S. The summed E-state index contributed by atoms with van der Waals surface area (Å²) in [4.78, 5) is 0. The van der Waals surface area contributed by atoms with Gasteiger partial charge in [0.05, 0.1) is 0 Å². The zero-order chi connectivity index (χ0) is 7.00. The molecule has 0 aliphatic rings. The summed E-state index contributed by atoms with van der Waals surface area (Å²) in [5.41, 5.74) is 0. The molecule has 0 saturated heterocycles. The fourth-order valence-electron chi connectivity index (χ4n) is 0. The molecular weight excluding hydrogens is 156 g/mol. The van der Waals surface area contributed by atoms with Gasteiger partial charge in [0.1, 0.15) is 0 Å². The maximum absolute atomic E-state index is 11.3. The van der Waals surface area contributed by atoms with Crippen molar-refractivity contribution in [1.82, 2.24) is 6.15 Å². The molecule has 0 fully saturated rings. The van der Waals surface area contributed by atoms with Crippen LogP contribution in [0.25, 0.3) is 0 Å². The second-order valence-corrected chi connectivity index (χ2v) is 2.89. The van der Waals surface area contributed by atoms with E-state index in [-0.39, 0.29) is 13.1 Å². The van der Waals surface area contributed by atoms with Gasteiger partial charge in [-0.1, -0.05) is 0 Å². The van der Waals surface area contributed by atoms with E-state index in [4.69, 9.17) is 0 Å². The van der Waals surface area contributed by atoms with Gasteiger partial charge in [-0.3, -0.25) is 0 Å². The molecule has 0 rings (SSSR count). The van der Waals surface area contributed by atoms with Crippen molar-refractivity contribution in [2.24, 2.45) is 0 Å². The normalized spacial score (nSPS) is 12.4. The molecule has 9 heavy (non-hydrogen) atoms. The lowest BCUT2D eigenvalue weighted by Gasteiger charge is -2.13. The van der Waals surface area contributed by atoms with E-state index in [2.05, 4.69) is 0 Å². The highest BCUT2D eigenvalue weighted by Crippen LogP contribution is 2.17. The molecule has 0 bridgehead atoms. The molecule has 0 aliphatic heterocycles. The first kappa shape index (κ1) is 11.5. The molecule has 0 atom stereocenters. The molecule has 0 aromatic rings. The summed E-state index contributed by atoms with van der Waals surface area (Å²) in [6, 6.07) is 0. The smallest absolute Gasteiger partial charge is 0.331 e. The van der Waals surface area contributed by atoms with Crippen molar-refractivity contribution in [3.8, 4) is 0 Å². The second-order valence-electron chi connectivity index (χ2n) is 1.26. The van der Waals surface area contributed by atoms with Crippen LogP contribution in [-0.4, -0.2) is 18.2 Å². The van der Waals surface area contributed by atoms with Crippen LogP contribution in [0.3, 0.4) is 0 Å². The van der Waals surface area contributed by atoms with Crippen LogP contribution in [0.2, 0.25) is 0 Å². The predicted octanol–water partition coefficient (Wildman–Crippen LogP) is 0.521. The molecule has 4 N–H and O–H groups in total. The molecule has 0 amide bonds. The summed E-state index contributed by atoms with van der Waals surface area (Å²) in [5, 5.41) is -4.15. The highest BCUT2D eigenvalue weighted by Gasteiger charge is 2.29. The third-order valence-electron chi connectivity index (χ3n) is 0.439. The summed E-state index contributed by atoms with van der Waals surface area (Å²) >= 11 is 0. The second kappa shape index (κ2) is 2.54. The van der Waals surface area contributed by atoms with E-state index >= 15 is 0 Å². The highest BCUT2D eigenvalue weighted by atomic mass is 32.2. The quantitative estimate of drug-likeness (QED) is 0.571. The van der Waals surface area contributed by atoms with E-state index in [1.165, 1.54) is 0 Å². The first-order valence-corrected chi connectivity index (χ1v) is 2.99. The summed E-state index contributed by atoms with van der Waals surface area (Å²) in [6.45, 7) is 0.0370. The molecule has 0 aromatic heterocycles. The van der Waals surface area contributed by atoms with E-state index in [9.17, 15) is 21.8 Å². The van der Waals surface area contributed by atoms with Gasteiger partial charge in [-0.05, 0) is 0 Å². The maximum atomic E-state index is 11.3. The van der Waals surface area contributed by atoms with E-state index in [1.54, 1.807) is 0 Å². The topological polar surface area (TPSA) is 93.7 Å². The lowest BCUT2D eigenvalue weighted by atomic mass is 10.9. The van der Waals surface area contributed by atoms with E-state index in [1.807, 2.05) is 0 Å². The minimum Gasteiger partial charge on any atom is -0.743 e. The highest BCUT2D eigenvalue weighted by molar-refractivity contribution is 7.86. The third kappa shape index (κ3) is 3.33. The molecule has 0 unspecified atom stereocenters. The molecule has 0 radical (unpaired) electrons. The molecule has 58 valence electrons. The minimum absolute atomic E-state index is 0. The Morgan fingerprint density at radius 2 is 1.56 bits per heavy atom. The lowest BCUT2D eigenvalue weighted by Crippen LogP contribution is -2.23. The van der Waals surface area contributed by atoms with Crippen molar-refractivity contribution in [3.05, 3.63) is 0 Å². The molecule has 0 aliphatic carbocycles. The van der Waals surface area contributed by atoms with Crippen molar-refractivity contribution in [1.29, 1.82) is 0 Å². The summed E-state index contributed by atoms with van der Waals surface area (Å²) in [6.07, 6.45) is 0. The van der Waals surface area contributed by atoms with Gasteiger partial charge in [-0.25, -0.2) is 8.42 Å². The van der Waals surface area contributed by atoms with Gasteiger partial charge in [0.25, 0.3) is 0 Å². The van der Waals surface area contributed by atoms with E-state index in [0.29, 0.717) is 0 Å². The van der Waals surface area contributed by atoms with Crippen LogP contribution in [0.15, 0.2) is 0 Å². The number of hydrogen-bond donors (Lipinski definition) is 1. The van der Waals surface area contributed by atoms with Gasteiger partial charge in [0, 0.05) is 6.92 Å². The molecule has 4 nitrogen and oxygen atoms in total. The molecule has 0 spiro atoms. The molecule has 0 saturated carbocycles. The number of halogens is 2. The van der Waals surface area contributed by atoms with E-state index < -0.39 is 15.4 Å². The largest absolute Gasteiger partial charge is 0.743 e. The Hall–Kier alpha value is -0.270. The minimum atomic E-state index is -5.42. The third-order valence-corrected chi connectivity index (χ3v) is 1.32. The van der Waals surface area contributed by atoms with Crippen LogP contribution < -0.4 is 6.15 Å². The Morgan fingerprint density at radius 1 is 1.44 bits per heavy atom. The number of alkyl halides is 2. The van der Waals surface area contributed by atoms with E-state index in [0.717, 1.165) is 0 Å². The standard InChI is InChI=1S/C2H4F2O3S.H3N/c1-2(3,4)8(5,6)7;/h1H3,(H,5,6,7);1H3. The Balaban J connectivity index is 0. The molecule has 0 heterocycles. The van der Waals surface area contributed by atoms with Crippen LogP contribution in [-0.2, 0) is 10.1 Å². The summed E-state index contributed by atoms with van der Waals surface area (Å²) < 4.78 is 50.7. The van der Waals surface area contributed by atoms with Crippen molar-refractivity contribution >= 4 is 10.1 Å². The summed E-state index contributed by atoms with van der Waals surface area (Å²) in [7, 11) is -5.42. The zero-order valence-electron chi connectivity index (χ0n) is 4.89.